The van der Waals surface area contributed by atoms with Crippen molar-refractivity contribution >= 4 is 17.5 Å². The highest BCUT2D eigenvalue weighted by atomic mass is 19.4. The smallest absolute Gasteiger partial charge is 0.396 e. The summed E-state index contributed by atoms with van der Waals surface area (Å²) in [4.78, 5) is 35.2. The van der Waals surface area contributed by atoms with Crippen LogP contribution in [0.5, 0.6) is 0 Å². The van der Waals surface area contributed by atoms with Gasteiger partial charge in [-0.3, -0.25) is 9.59 Å². The second kappa shape index (κ2) is 12.0. The van der Waals surface area contributed by atoms with E-state index in [1.54, 1.807) is 0 Å². The molecule has 0 aromatic carbocycles. The zero-order valence-electron chi connectivity index (χ0n) is 14.0. The molecule has 0 fully saturated rings. The van der Waals surface area contributed by atoms with Gasteiger partial charge in [-0.05, 0) is 39.0 Å². The molecule has 0 aliphatic carbocycles. The SMILES string of the molecule is CC(=O)CCCCN(CCCCC(=O)C(F)(F)F)C(=O)CCCO. The van der Waals surface area contributed by atoms with Gasteiger partial charge in [-0.15, -0.1) is 0 Å². The Kier molecular flexibility index (Phi) is 11.3. The molecule has 0 radical (unpaired) electrons. The highest BCUT2D eigenvalue weighted by Crippen LogP contribution is 2.19. The molecule has 0 atom stereocenters. The number of amides is 1. The lowest BCUT2D eigenvalue weighted by Gasteiger charge is -2.22. The first-order chi connectivity index (χ1) is 11.2. The summed E-state index contributed by atoms with van der Waals surface area (Å²) in [5, 5.41) is 8.77. The van der Waals surface area contributed by atoms with Crippen molar-refractivity contribution in [2.24, 2.45) is 0 Å². The van der Waals surface area contributed by atoms with E-state index in [4.69, 9.17) is 5.11 Å². The van der Waals surface area contributed by atoms with Gasteiger partial charge >= 0.3 is 6.18 Å². The fourth-order valence-corrected chi connectivity index (χ4v) is 2.16. The van der Waals surface area contributed by atoms with Crippen molar-refractivity contribution in [1.82, 2.24) is 4.90 Å². The van der Waals surface area contributed by atoms with E-state index in [1.165, 1.54) is 11.8 Å². The molecule has 0 saturated heterocycles. The van der Waals surface area contributed by atoms with E-state index in [0.717, 1.165) is 0 Å². The van der Waals surface area contributed by atoms with E-state index >= 15 is 0 Å². The minimum atomic E-state index is -4.80. The summed E-state index contributed by atoms with van der Waals surface area (Å²) in [6.45, 7) is 2.08. The summed E-state index contributed by atoms with van der Waals surface area (Å²) in [7, 11) is 0. The number of aliphatic hydroxyl groups is 1. The zero-order chi connectivity index (χ0) is 18.6. The number of alkyl halides is 3. The van der Waals surface area contributed by atoms with Gasteiger partial charge in [0.2, 0.25) is 11.7 Å². The van der Waals surface area contributed by atoms with E-state index in [1.807, 2.05) is 0 Å². The Balaban J connectivity index is 4.25. The Morgan fingerprint density at radius 3 is 1.88 bits per heavy atom. The predicted molar refractivity (Wildman–Crippen MR) is 82.3 cm³/mol. The second-order valence-electron chi connectivity index (χ2n) is 5.75. The summed E-state index contributed by atoms with van der Waals surface area (Å²) in [6, 6.07) is 0. The van der Waals surface area contributed by atoms with Crippen LogP contribution in [0, 0.1) is 0 Å². The highest BCUT2D eigenvalue weighted by molar-refractivity contribution is 5.83. The van der Waals surface area contributed by atoms with Crippen LogP contribution in [0.15, 0.2) is 0 Å². The summed E-state index contributed by atoms with van der Waals surface area (Å²) >= 11 is 0. The Hall–Kier alpha value is -1.44. The first-order valence-electron chi connectivity index (χ1n) is 8.16. The third-order valence-corrected chi connectivity index (χ3v) is 3.51. The molecule has 5 nitrogen and oxygen atoms in total. The molecule has 140 valence electrons. The summed E-state index contributed by atoms with van der Waals surface area (Å²) in [6.07, 6.45) is -2.80. The number of aliphatic hydroxyl groups excluding tert-OH is 1. The number of rotatable bonds is 13. The molecule has 0 aromatic heterocycles. The maximum atomic E-state index is 12.1. The number of unbranched alkanes of at least 4 members (excludes halogenated alkanes) is 2. The molecule has 1 amide bonds. The topological polar surface area (TPSA) is 74.7 Å². The van der Waals surface area contributed by atoms with Gasteiger partial charge in [0.25, 0.3) is 0 Å². The number of ketones is 2. The minimum Gasteiger partial charge on any atom is -0.396 e. The lowest BCUT2D eigenvalue weighted by Crippen LogP contribution is -2.33. The first kappa shape index (κ1) is 22.6. The van der Waals surface area contributed by atoms with Crippen molar-refractivity contribution in [1.29, 1.82) is 0 Å². The van der Waals surface area contributed by atoms with Crippen LogP contribution in [0.2, 0.25) is 0 Å². The number of hydrogen-bond acceptors (Lipinski definition) is 4. The lowest BCUT2D eigenvalue weighted by molar-refractivity contribution is -0.171. The van der Waals surface area contributed by atoms with Crippen molar-refractivity contribution in [3.05, 3.63) is 0 Å². The van der Waals surface area contributed by atoms with Crippen LogP contribution < -0.4 is 0 Å². The average molecular weight is 353 g/mol. The summed E-state index contributed by atoms with van der Waals surface area (Å²) in [5.41, 5.74) is 0. The van der Waals surface area contributed by atoms with Gasteiger partial charge < -0.3 is 14.8 Å². The standard InChI is InChI=1S/C16H26F3NO4/c1-13(22)7-2-4-10-20(15(24)9-6-12-21)11-5-3-8-14(23)16(17,18)19/h21H,2-12H2,1H3. The third-order valence-electron chi connectivity index (χ3n) is 3.51. The molecule has 8 heteroatoms. The van der Waals surface area contributed by atoms with E-state index < -0.39 is 18.4 Å². The number of nitrogens with zero attached hydrogens (tertiary/aromatic N) is 1. The average Bonchev–Trinajstić information content (AvgIpc) is 2.49. The van der Waals surface area contributed by atoms with Crippen LogP contribution in [0.25, 0.3) is 0 Å². The fraction of sp³-hybridized carbons (Fsp3) is 0.812. The molecule has 0 aliphatic heterocycles. The quantitative estimate of drug-likeness (QED) is 0.517. The molecule has 0 heterocycles. The number of carbonyl (C=O) groups is 3. The van der Waals surface area contributed by atoms with Crippen molar-refractivity contribution in [2.45, 2.75) is 64.5 Å². The molecule has 0 saturated carbocycles. The summed E-state index contributed by atoms with van der Waals surface area (Å²) < 4.78 is 36.3. The van der Waals surface area contributed by atoms with Gasteiger partial charge in [0.1, 0.15) is 5.78 Å². The predicted octanol–water partition coefficient (Wildman–Crippen LogP) is 2.65. The van der Waals surface area contributed by atoms with Gasteiger partial charge in [-0.1, -0.05) is 0 Å². The molecular weight excluding hydrogens is 327 g/mol. The summed E-state index contributed by atoms with van der Waals surface area (Å²) in [5.74, 6) is -1.85. The van der Waals surface area contributed by atoms with Gasteiger partial charge in [0.15, 0.2) is 0 Å². The van der Waals surface area contributed by atoms with Crippen LogP contribution in [0.1, 0.15) is 58.3 Å². The first-order valence-corrected chi connectivity index (χ1v) is 8.16. The molecule has 0 aliphatic rings. The van der Waals surface area contributed by atoms with E-state index in [-0.39, 0.29) is 37.7 Å². The Morgan fingerprint density at radius 1 is 0.875 bits per heavy atom. The Morgan fingerprint density at radius 2 is 1.42 bits per heavy atom. The third kappa shape index (κ3) is 11.2. The van der Waals surface area contributed by atoms with Gasteiger partial charge in [-0.25, -0.2) is 0 Å². The molecule has 0 bridgehead atoms. The number of hydrogen-bond donors (Lipinski definition) is 1. The number of Topliss-reactive ketones (excluding diaryl/α,β-unsaturated/α-hetero) is 2. The monoisotopic (exact) mass is 353 g/mol. The lowest BCUT2D eigenvalue weighted by atomic mass is 10.1. The van der Waals surface area contributed by atoms with E-state index in [2.05, 4.69) is 0 Å². The maximum absolute atomic E-state index is 12.1. The molecule has 0 spiro atoms. The van der Waals surface area contributed by atoms with E-state index in [0.29, 0.717) is 38.6 Å². The second-order valence-corrected chi connectivity index (χ2v) is 5.75. The van der Waals surface area contributed by atoms with Crippen LogP contribution in [0.4, 0.5) is 13.2 Å². The molecule has 0 aromatic rings. The van der Waals surface area contributed by atoms with Crippen LogP contribution in [0.3, 0.4) is 0 Å². The normalized spacial score (nSPS) is 11.4. The fourth-order valence-electron chi connectivity index (χ4n) is 2.16. The van der Waals surface area contributed by atoms with Gasteiger partial charge in [0.05, 0.1) is 0 Å². The minimum absolute atomic E-state index is 0.0650. The molecule has 0 unspecified atom stereocenters. The van der Waals surface area contributed by atoms with Crippen LogP contribution in [-0.2, 0) is 14.4 Å². The van der Waals surface area contributed by atoms with Gasteiger partial charge in [-0.2, -0.15) is 13.2 Å². The highest BCUT2D eigenvalue weighted by Gasteiger charge is 2.37. The molecule has 24 heavy (non-hydrogen) atoms. The Labute approximate surface area is 140 Å². The molecular formula is C16H26F3NO4. The molecule has 0 rings (SSSR count). The van der Waals surface area contributed by atoms with Crippen molar-refractivity contribution < 1.29 is 32.7 Å². The largest absolute Gasteiger partial charge is 0.449 e. The van der Waals surface area contributed by atoms with Crippen molar-refractivity contribution in [3.8, 4) is 0 Å². The van der Waals surface area contributed by atoms with Crippen LogP contribution in [-0.4, -0.2) is 53.4 Å². The van der Waals surface area contributed by atoms with Crippen LogP contribution >= 0.6 is 0 Å². The number of halogens is 3. The molecule has 1 N–H and O–H groups in total. The van der Waals surface area contributed by atoms with Crippen molar-refractivity contribution in [2.75, 3.05) is 19.7 Å². The van der Waals surface area contributed by atoms with E-state index in [9.17, 15) is 27.6 Å². The maximum Gasteiger partial charge on any atom is 0.449 e. The zero-order valence-corrected chi connectivity index (χ0v) is 14.0. The number of carbonyl (C=O) groups excluding carboxylic acids is 3. The Bertz CT molecular complexity index is 411. The van der Waals surface area contributed by atoms with Crippen molar-refractivity contribution in [3.63, 3.8) is 0 Å². The van der Waals surface area contributed by atoms with Gasteiger partial charge in [0, 0.05) is 39.0 Å².